The molecule has 3 rings (SSSR count). The molecule has 0 aliphatic heterocycles. The summed E-state index contributed by atoms with van der Waals surface area (Å²) in [7, 11) is 1.71. The van der Waals surface area contributed by atoms with E-state index >= 15 is 0 Å². The Kier molecular flexibility index (Phi) is 6.35. The molecule has 1 aromatic carbocycles. The maximum Gasteiger partial charge on any atom is 0.410 e. The summed E-state index contributed by atoms with van der Waals surface area (Å²) in [6.45, 7) is 5.97. The average molecular weight is 475 g/mol. The first-order valence-electron chi connectivity index (χ1n) is 9.23. The first-order chi connectivity index (χ1) is 14.1. The Balaban J connectivity index is 1.63. The van der Waals surface area contributed by atoms with Gasteiger partial charge < -0.3 is 19.8 Å². The fraction of sp³-hybridized carbons (Fsp3) is 0.350. The predicted octanol–water partition coefficient (Wildman–Crippen LogP) is 3.83. The predicted molar refractivity (Wildman–Crippen MR) is 114 cm³/mol. The van der Waals surface area contributed by atoms with Gasteiger partial charge in [-0.25, -0.2) is 14.8 Å². The summed E-state index contributed by atoms with van der Waals surface area (Å²) in [6.07, 6.45) is 1.59. The van der Waals surface area contributed by atoms with Gasteiger partial charge in [-0.1, -0.05) is 24.3 Å². The Hall–Kier alpha value is -3.01. The molecule has 158 valence electrons. The van der Waals surface area contributed by atoms with E-state index in [1.165, 1.54) is 11.1 Å². The van der Waals surface area contributed by atoms with E-state index in [4.69, 9.17) is 14.9 Å². The molecule has 3 aromatic rings. The Labute approximate surface area is 182 Å². The number of anilines is 1. The van der Waals surface area contributed by atoms with Gasteiger partial charge in [-0.3, -0.25) is 0 Å². The molecule has 30 heavy (non-hydrogen) atoms. The Morgan fingerprint density at radius 3 is 2.53 bits per heavy atom. The summed E-state index contributed by atoms with van der Waals surface area (Å²) >= 11 is 3.25. The molecule has 0 saturated carbocycles. The zero-order valence-electron chi connectivity index (χ0n) is 17.2. The van der Waals surface area contributed by atoms with Crippen LogP contribution >= 0.6 is 15.9 Å². The number of amides is 1. The van der Waals surface area contributed by atoms with E-state index in [1.54, 1.807) is 7.05 Å². The largest absolute Gasteiger partial charge is 0.444 e. The maximum atomic E-state index is 12.1. The molecular formula is C20H23BrN6O3. The van der Waals surface area contributed by atoms with Crippen molar-refractivity contribution in [2.24, 2.45) is 0 Å². The van der Waals surface area contributed by atoms with Crippen LogP contribution in [0.1, 0.15) is 37.8 Å². The van der Waals surface area contributed by atoms with E-state index in [2.05, 4.69) is 36.1 Å². The lowest BCUT2D eigenvalue weighted by molar-refractivity contribution is 0.0285. The molecule has 0 aliphatic carbocycles. The van der Waals surface area contributed by atoms with Crippen LogP contribution in [-0.4, -0.2) is 43.8 Å². The van der Waals surface area contributed by atoms with Crippen LogP contribution in [0.15, 0.2) is 39.5 Å². The molecule has 0 saturated heterocycles. The van der Waals surface area contributed by atoms with Crippen molar-refractivity contribution < 1.29 is 13.9 Å². The third-order valence-corrected chi connectivity index (χ3v) is 4.33. The fourth-order valence-corrected chi connectivity index (χ4v) is 2.85. The van der Waals surface area contributed by atoms with E-state index in [9.17, 15) is 4.79 Å². The molecule has 9 nitrogen and oxygen atoms in total. The summed E-state index contributed by atoms with van der Waals surface area (Å²) in [4.78, 5) is 21.9. The lowest BCUT2D eigenvalue weighted by atomic mass is 10.1. The maximum absolute atomic E-state index is 12.1. The summed E-state index contributed by atoms with van der Waals surface area (Å²) in [6, 6.07) is 7.81. The SMILES string of the molecule is CN(Cc1ccc(Cc2nnc(-c3nc(Br)cnc3N)o2)cc1)C(=O)OC(C)(C)C. The number of nitrogen functional groups attached to an aromatic ring is 1. The van der Waals surface area contributed by atoms with Crippen LogP contribution in [0.4, 0.5) is 10.6 Å². The van der Waals surface area contributed by atoms with Gasteiger partial charge in [-0.2, -0.15) is 0 Å². The van der Waals surface area contributed by atoms with Crippen LogP contribution in [0.2, 0.25) is 0 Å². The number of hydrogen-bond acceptors (Lipinski definition) is 8. The molecule has 0 bridgehead atoms. The van der Waals surface area contributed by atoms with E-state index in [0.717, 1.165) is 11.1 Å². The van der Waals surface area contributed by atoms with Gasteiger partial charge in [-0.15, -0.1) is 10.2 Å². The second kappa shape index (κ2) is 8.78. The fourth-order valence-electron chi connectivity index (χ4n) is 2.57. The highest BCUT2D eigenvalue weighted by Crippen LogP contribution is 2.23. The van der Waals surface area contributed by atoms with Crippen LogP contribution in [0.3, 0.4) is 0 Å². The zero-order chi connectivity index (χ0) is 21.9. The minimum Gasteiger partial charge on any atom is -0.444 e. The monoisotopic (exact) mass is 474 g/mol. The van der Waals surface area contributed by atoms with Crippen LogP contribution in [0.25, 0.3) is 11.6 Å². The number of carbonyl (C=O) groups excluding carboxylic acids is 1. The minimum atomic E-state index is -0.524. The highest BCUT2D eigenvalue weighted by Gasteiger charge is 2.20. The normalized spacial score (nSPS) is 11.4. The van der Waals surface area contributed by atoms with Gasteiger partial charge in [0.25, 0.3) is 5.89 Å². The highest BCUT2D eigenvalue weighted by atomic mass is 79.9. The molecule has 0 unspecified atom stereocenters. The first kappa shape index (κ1) is 21.7. The van der Waals surface area contributed by atoms with E-state index in [1.807, 2.05) is 45.0 Å². The topological polar surface area (TPSA) is 120 Å². The number of halogens is 1. The van der Waals surface area contributed by atoms with E-state index < -0.39 is 5.60 Å². The molecular weight excluding hydrogens is 452 g/mol. The summed E-state index contributed by atoms with van der Waals surface area (Å²) in [5, 5.41) is 8.07. The lowest BCUT2D eigenvalue weighted by Gasteiger charge is -2.24. The standard InChI is InChI=1S/C20H23BrN6O3/c1-20(2,3)30-19(28)27(4)11-13-7-5-12(6-8-13)9-15-25-26-18(29-15)16-17(22)23-10-14(21)24-16/h5-8,10H,9,11H2,1-4H3,(H2,22,23). The average Bonchev–Trinajstić information content (AvgIpc) is 3.12. The van der Waals surface area contributed by atoms with E-state index in [-0.39, 0.29) is 17.8 Å². The van der Waals surface area contributed by atoms with Crippen LogP contribution in [0.5, 0.6) is 0 Å². The molecule has 1 amide bonds. The van der Waals surface area contributed by atoms with Crippen molar-refractivity contribution in [3.05, 3.63) is 52.1 Å². The molecule has 2 N–H and O–H groups in total. The number of rotatable bonds is 5. The van der Waals surface area contributed by atoms with Crippen molar-refractivity contribution in [3.8, 4) is 11.6 Å². The number of benzene rings is 1. The Morgan fingerprint density at radius 2 is 1.87 bits per heavy atom. The third kappa shape index (κ3) is 5.76. The number of ether oxygens (including phenoxy) is 1. The van der Waals surface area contributed by atoms with E-state index in [0.29, 0.717) is 29.2 Å². The molecule has 0 aliphatic rings. The van der Waals surface area contributed by atoms with Crippen molar-refractivity contribution in [3.63, 3.8) is 0 Å². The number of aromatic nitrogens is 4. The zero-order valence-corrected chi connectivity index (χ0v) is 18.8. The van der Waals surface area contributed by atoms with Crippen LogP contribution in [-0.2, 0) is 17.7 Å². The van der Waals surface area contributed by atoms with Crippen molar-refractivity contribution in [1.82, 2.24) is 25.1 Å². The summed E-state index contributed by atoms with van der Waals surface area (Å²) in [5.41, 5.74) is 7.62. The van der Waals surface area contributed by atoms with Crippen LogP contribution in [0, 0.1) is 0 Å². The Morgan fingerprint density at radius 1 is 1.20 bits per heavy atom. The van der Waals surface area contributed by atoms with Gasteiger partial charge in [0.2, 0.25) is 5.89 Å². The molecule has 0 spiro atoms. The first-order valence-corrected chi connectivity index (χ1v) is 10.0. The number of carbonyl (C=O) groups is 1. The van der Waals surface area contributed by atoms with Crippen molar-refractivity contribution >= 4 is 27.8 Å². The third-order valence-electron chi connectivity index (χ3n) is 3.94. The quantitative estimate of drug-likeness (QED) is 0.591. The minimum absolute atomic E-state index is 0.215. The molecule has 0 fully saturated rings. The van der Waals surface area contributed by atoms with Crippen molar-refractivity contribution in [2.45, 2.75) is 39.3 Å². The molecule has 0 radical (unpaired) electrons. The van der Waals surface area contributed by atoms with Gasteiger partial charge in [-0.05, 0) is 47.8 Å². The van der Waals surface area contributed by atoms with Crippen molar-refractivity contribution in [2.75, 3.05) is 12.8 Å². The molecule has 10 heteroatoms. The summed E-state index contributed by atoms with van der Waals surface area (Å²) in [5.74, 6) is 0.864. The van der Waals surface area contributed by atoms with Gasteiger partial charge in [0.1, 0.15) is 10.2 Å². The highest BCUT2D eigenvalue weighted by molar-refractivity contribution is 9.10. The lowest BCUT2D eigenvalue weighted by Crippen LogP contribution is -2.33. The van der Waals surface area contributed by atoms with Gasteiger partial charge in [0, 0.05) is 13.6 Å². The number of nitrogens with two attached hydrogens (primary N) is 1. The van der Waals surface area contributed by atoms with Crippen molar-refractivity contribution in [1.29, 1.82) is 0 Å². The second-order valence-electron chi connectivity index (χ2n) is 7.76. The van der Waals surface area contributed by atoms with Gasteiger partial charge in [0.05, 0.1) is 12.6 Å². The molecule has 2 aromatic heterocycles. The Bertz CT molecular complexity index is 1030. The summed E-state index contributed by atoms with van der Waals surface area (Å²) < 4.78 is 11.6. The number of nitrogens with zero attached hydrogens (tertiary/aromatic N) is 5. The molecule has 2 heterocycles. The van der Waals surface area contributed by atoms with Gasteiger partial charge in [0.15, 0.2) is 11.5 Å². The smallest absolute Gasteiger partial charge is 0.410 e. The van der Waals surface area contributed by atoms with Gasteiger partial charge >= 0.3 is 6.09 Å². The molecule has 0 atom stereocenters. The second-order valence-corrected chi connectivity index (χ2v) is 8.57. The number of hydrogen-bond donors (Lipinski definition) is 1. The van der Waals surface area contributed by atoms with Crippen LogP contribution < -0.4 is 5.73 Å².